The normalized spacial score (nSPS) is 18.5. The van der Waals surface area contributed by atoms with Crippen LogP contribution in [0.5, 0.6) is 0 Å². The second-order valence-corrected chi connectivity index (χ2v) is 8.50. The van der Waals surface area contributed by atoms with Gasteiger partial charge in [-0.1, -0.05) is 13.8 Å². The van der Waals surface area contributed by atoms with E-state index < -0.39 is 42.0 Å². The maximum atomic E-state index is 12.7. The lowest BCUT2D eigenvalue weighted by Crippen LogP contribution is -2.55. The van der Waals surface area contributed by atoms with Crippen LogP contribution in [-0.2, 0) is 19.2 Å². The molecule has 1 aliphatic rings. The highest BCUT2D eigenvalue weighted by Crippen LogP contribution is 2.19. The molecule has 4 unspecified atom stereocenters. The first-order valence-corrected chi connectivity index (χ1v) is 10.9. The van der Waals surface area contributed by atoms with Crippen LogP contribution in [0.15, 0.2) is 4.99 Å². The standard InChI is InChI=1S/C20H37N7O5/c1-11(2)10-14(19(31)32)26-16(28)12(3)25-17(29)15-7-5-9-27(15)18(30)13(21)6-4-8-24-20(22)23/h11-15H,4-10,21H2,1-3H3,(H,25,29)(H,26,28)(H,31,32)(H4,22,23,24). The molecule has 0 bridgehead atoms. The summed E-state index contributed by atoms with van der Waals surface area (Å²) in [5.74, 6) is -2.50. The van der Waals surface area contributed by atoms with Crippen LogP contribution in [0.3, 0.4) is 0 Å². The van der Waals surface area contributed by atoms with Crippen molar-refractivity contribution in [1.82, 2.24) is 15.5 Å². The molecule has 1 fully saturated rings. The van der Waals surface area contributed by atoms with Gasteiger partial charge in [0.1, 0.15) is 18.1 Å². The molecule has 1 heterocycles. The summed E-state index contributed by atoms with van der Waals surface area (Å²) in [4.78, 5) is 54.5. The van der Waals surface area contributed by atoms with Crippen molar-refractivity contribution < 1.29 is 24.3 Å². The van der Waals surface area contributed by atoms with E-state index in [1.165, 1.54) is 11.8 Å². The highest BCUT2D eigenvalue weighted by atomic mass is 16.4. The molecule has 0 aliphatic carbocycles. The summed E-state index contributed by atoms with van der Waals surface area (Å²) in [6.45, 7) is 5.93. The number of likely N-dealkylation sites (tertiary alicyclic amines) is 1. The lowest BCUT2D eigenvalue weighted by Gasteiger charge is -2.28. The van der Waals surface area contributed by atoms with Gasteiger partial charge in [0, 0.05) is 13.1 Å². The van der Waals surface area contributed by atoms with Gasteiger partial charge in [-0.15, -0.1) is 0 Å². The fourth-order valence-corrected chi connectivity index (χ4v) is 3.52. The van der Waals surface area contributed by atoms with Crippen LogP contribution in [0.25, 0.3) is 0 Å². The second kappa shape index (κ2) is 12.8. The number of amides is 3. The number of aliphatic imine (C=N–C) groups is 1. The summed E-state index contributed by atoms with van der Waals surface area (Å²) in [6, 6.07) is -3.51. The van der Waals surface area contributed by atoms with Crippen molar-refractivity contribution in [2.45, 2.75) is 77.0 Å². The van der Waals surface area contributed by atoms with Crippen LogP contribution in [0.1, 0.15) is 52.9 Å². The monoisotopic (exact) mass is 455 g/mol. The number of carbonyl (C=O) groups is 4. The molecule has 9 N–H and O–H groups in total. The molecule has 1 saturated heterocycles. The Labute approximate surface area is 188 Å². The first-order chi connectivity index (χ1) is 14.9. The number of aliphatic carboxylic acids is 1. The lowest BCUT2D eigenvalue weighted by molar-refractivity contribution is -0.143. The van der Waals surface area contributed by atoms with Crippen molar-refractivity contribution in [3.8, 4) is 0 Å². The minimum Gasteiger partial charge on any atom is -0.480 e. The number of nitrogens with one attached hydrogen (secondary N) is 2. The third-order valence-electron chi connectivity index (χ3n) is 5.20. The molecular formula is C20H37N7O5. The van der Waals surface area contributed by atoms with E-state index in [9.17, 15) is 24.3 Å². The van der Waals surface area contributed by atoms with Crippen LogP contribution in [0, 0.1) is 5.92 Å². The highest BCUT2D eigenvalue weighted by molar-refractivity contribution is 5.94. The molecule has 0 aromatic carbocycles. The number of guanidine groups is 1. The first-order valence-electron chi connectivity index (χ1n) is 10.9. The number of rotatable bonds is 12. The Morgan fingerprint density at radius 2 is 1.81 bits per heavy atom. The number of carbonyl (C=O) groups excluding carboxylic acids is 3. The minimum absolute atomic E-state index is 0.0294. The Kier molecular flexibility index (Phi) is 10.9. The zero-order valence-electron chi connectivity index (χ0n) is 19.0. The number of carboxylic acid groups (broad SMARTS) is 1. The van der Waals surface area contributed by atoms with Gasteiger partial charge in [-0.2, -0.15) is 0 Å². The topological polar surface area (TPSA) is 206 Å². The lowest BCUT2D eigenvalue weighted by atomic mass is 10.0. The quantitative estimate of drug-likeness (QED) is 0.115. The van der Waals surface area contributed by atoms with Gasteiger partial charge in [0.25, 0.3) is 0 Å². The van der Waals surface area contributed by atoms with E-state index in [1.807, 2.05) is 13.8 Å². The Balaban J connectivity index is 2.64. The fourth-order valence-electron chi connectivity index (χ4n) is 3.52. The number of nitrogens with two attached hydrogens (primary N) is 3. The maximum absolute atomic E-state index is 12.7. The average Bonchev–Trinajstić information content (AvgIpc) is 3.19. The van der Waals surface area contributed by atoms with Crippen molar-refractivity contribution in [1.29, 1.82) is 0 Å². The van der Waals surface area contributed by atoms with Gasteiger partial charge in [-0.25, -0.2) is 4.79 Å². The van der Waals surface area contributed by atoms with E-state index >= 15 is 0 Å². The van der Waals surface area contributed by atoms with E-state index in [0.717, 1.165) is 0 Å². The number of hydrogen-bond donors (Lipinski definition) is 6. The number of carboxylic acids is 1. The first kappa shape index (κ1) is 27.1. The van der Waals surface area contributed by atoms with Gasteiger partial charge in [0.2, 0.25) is 17.7 Å². The molecule has 182 valence electrons. The molecule has 1 aliphatic heterocycles. The molecule has 0 radical (unpaired) electrons. The van der Waals surface area contributed by atoms with Crippen LogP contribution in [0.2, 0.25) is 0 Å². The Morgan fingerprint density at radius 3 is 2.38 bits per heavy atom. The molecule has 0 aromatic heterocycles. The SMILES string of the molecule is CC(C)CC(NC(=O)C(C)NC(=O)C1CCCN1C(=O)C(N)CCCN=C(N)N)C(=O)O. The summed E-state index contributed by atoms with van der Waals surface area (Å²) < 4.78 is 0. The summed E-state index contributed by atoms with van der Waals surface area (Å²) in [7, 11) is 0. The van der Waals surface area contributed by atoms with Crippen molar-refractivity contribution in [2.75, 3.05) is 13.1 Å². The largest absolute Gasteiger partial charge is 0.480 e. The minimum atomic E-state index is -1.13. The molecule has 0 aromatic rings. The van der Waals surface area contributed by atoms with E-state index in [2.05, 4.69) is 15.6 Å². The molecule has 3 amide bonds. The molecule has 12 heteroatoms. The summed E-state index contributed by atoms with van der Waals surface area (Å²) >= 11 is 0. The molecular weight excluding hydrogens is 418 g/mol. The van der Waals surface area contributed by atoms with E-state index in [4.69, 9.17) is 17.2 Å². The third-order valence-corrected chi connectivity index (χ3v) is 5.20. The van der Waals surface area contributed by atoms with Gasteiger partial charge in [0.05, 0.1) is 6.04 Å². The van der Waals surface area contributed by atoms with Gasteiger partial charge in [0.15, 0.2) is 5.96 Å². The van der Waals surface area contributed by atoms with Gasteiger partial charge >= 0.3 is 5.97 Å². The van der Waals surface area contributed by atoms with Crippen molar-refractivity contribution in [2.24, 2.45) is 28.1 Å². The van der Waals surface area contributed by atoms with Crippen molar-refractivity contribution in [3.05, 3.63) is 0 Å². The zero-order chi connectivity index (χ0) is 24.4. The van der Waals surface area contributed by atoms with Crippen molar-refractivity contribution in [3.63, 3.8) is 0 Å². The van der Waals surface area contributed by atoms with Crippen LogP contribution in [0.4, 0.5) is 0 Å². The molecule has 0 spiro atoms. The summed E-state index contributed by atoms with van der Waals surface area (Å²) in [6.07, 6.45) is 2.26. The Hall–Kier alpha value is -2.89. The zero-order valence-corrected chi connectivity index (χ0v) is 19.0. The van der Waals surface area contributed by atoms with Crippen LogP contribution in [-0.4, -0.2) is 76.9 Å². The molecule has 4 atom stereocenters. The predicted octanol–water partition coefficient (Wildman–Crippen LogP) is -1.52. The van der Waals surface area contributed by atoms with Gasteiger partial charge in [-0.3, -0.25) is 19.4 Å². The molecule has 32 heavy (non-hydrogen) atoms. The van der Waals surface area contributed by atoms with E-state index in [-0.39, 0.29) is 24.2 Å². The van der Waals surface area contributed by atoms with E-state index in [0.29, 0.717) is 38.8 Å². The van der Waals surface area contributed by atoms with Gasteiger partial charge < -0.3 is 37.8 Å². The molecule has 1 rings (SSSR count). The second-order valence-electron chi connectivity index (χ2n) is 8.50. The Bertz CT molecular complexity index is 708. The molecule has 12 nitrogen and oxygen atoms in total. The Morgan fingerprint density at radius 1 is 1.16 bits per heavy atom. The van der Waals surface area contributed by atoms with Crippen LogP contribution < -0.4 is 27.8 Å². The van der Waals surface area contributed by atoms with Crippen molar-refractivity contribution >= 4 is 29.7 Å². The highest BCUT2D eigenvalue weighted by Gasteiger charge is 2.37. The molecule has 0 saturated carbocycles. The summed E-state index contributed by atoms with van der Waals surface area (Å²) in [5, 5.41) is 14.3. The van der Waals surface area contributed by atoms with E-state index in [1.54, 1.807) is 0 Å². The predicted molar refractivity (Wildman–Crippen MR) is 119 cm³/mol. The smallest absolute Gasteiger partial charge is 0.326 e. The third kappa shape index (κ3) is 8.69. The number of hydrogen-bond acceptors (Lipinski definition) is 6. The maximum Gasteiger partial charge on any atom is 0.326 e. The van der Waals surface area contributed by atoms with Crippen LogP contribution >= 0.6 is 0 Å². The number of nitrogens with zero attached hydrogens (tertiary/aromatic N) is 2. The average molecular weight is 456 g/mol. The summed E-state index contributed by atoms with van der Waals surface area (Å²) in [5.41, 5.74) is 16.5. The fraction of sp³-hybridized carbons (Fsp3) is 0.750. The van der Waals surface area contributed by atoms with Gasteiger partial charge in [-0.05, 0) is 44.9 Å².